The van der Waals surface area contributed by atoms with E-state index in [-0.39, 0.29) is 0 Å². The van der Waals surface area contributed by atoms with Crippen LogP contribution in [0.25, 0.3) is 10.9 Å². The molecular weight excluding hydrogens is 176 g/mol. The minimum Gasteiger partial charge on any atom is -0.497 e. The van der Waals surface area contributed by atoms with Crippen LogP contribution in [0.3, 0.4) is 0 Å². The first-order chi connectivity index (χ1) is 6.83. The number of nitrogens with two attached hydrogens (primary N) is 1. The zero-order valence-electron chi connectivity index (χ0n) is 8.21. The Hall–Kier alpha value is -1.48. The second-order valence-electron chi connectivity index (χ2n) is 3.29. The van der Waals surface area contributed by atoms with Crippen LogP contribution in [0, 0.1) is 0 Å². The zero-order chi connectivity index (χ0) is 9.97. The summed E-state index contributed by atoms with van der Waals surface area (Å²) < 4.78 is 5.15. The van der Waals surface area contributed by atoms with E-state index in [9.17, 15) is 0 Å². The Morgan fingerprint density at radius 1 is 1.36 bits per heavy atom. The second-order valence-corrected chi connectivity index (χ2v) is 3.29. The van der Waals surface area contributed by atoms with E-state index in [1.807, 2.05) is 18.2 Å². The average molecular weight is 190 g/mol. The van der Waals surface area contributed by atoms with Gasteiger partial charge in [-0.1, -0.05) is 0 Å². The van der Waals surface area contributed by atoms with Gasteiger partial charge < -0.3 is 15.5 Å². The molecule has 3 nitrogen and oxygen atoms in total. The van der Waals surface area contributed by atoms with Gasteiger partial charge in [0.05, 0.1) is 7.11 Å². The fourth-order valence-electron chi connectivity index (χ4n) is 1.59. The zero-order valence-corrected chi connectivity index (χ0v) is 8.21. The SMILES string of the molecule is COc1ccc2[nH]c(CCN)cc2c1. The fourth-order valence-corrected chi connectivity index (χ4v) is 1.59. The Bertz CT molecular complexity index is 434. The Labute approximate surface area is 82.9 Å². The molecule has 0 aliphatic carbocycles. The first kappa shape index (κ1) is 9.09. The van der Waals surface area contributed by atoms with Crippen molar-refractivity contribution in [1.82, 2.24) is 4.98 Å². The lowest BCUT2D eigenvalue weighted by atomic mass is 10.2. The summed E-state index contributed by atoms with van der Waals surface area (Å²) in [4.78, 5) is 3.31. The number of ether oxygens (including phenoxy) is 1. The average Bonchev–Trinajstić information content (AvgIpc) is 2.59. The summed E-state index contributed by atoms with van der Waals surface area (Å²) in [5.41, 5.74) is 7.80. The molecule has 1 heterocycles. The number of methoxy groups -OCH3 is 1. The highest BCUT2D eigenvalue weighted by molar-refractivity contribution is 5.81. The summed E-state index contributed by atoms with van der Waals surface area (Å²) in [6.07, 6.45) is 0.886. The van der Waals surface area contributed by atoms with Crippen molar-refractivity contribution in [2.75, 3.05) is 13.7 Å². The number of rotatable bonds is 3. The third kappa shape index (κ3) is 1.59. The van der Waals surface area contributed by atoms with E-state index < -0.39 is 0 Å². The van der Waals surface area contributed by atoms with Gasteiger partial charge in [0.15, 0.2) is 0 Å². The summed E-state index contributed by atoms with van der Waals surface area (Å²) in [7, 11) is 1.68. The molecule has 0 unspecified atom stereocenters. The highest BCUT2D eigenvalue weighted by Crippen LogP contribution is 2.21. The van der Waals surface area contributed by atoms with Crippen LogP contribution >= 0.6 is 0 Å². The van der Waals surface area contributed by atoms with Crippen LogP contribution in [-0.2, 0) is 6.42 Å². The maximum Gasteiger partial charge on any atom is 0.119 e. The van der Waals surface area contributed by atoms with Crippen molar-refractivity contribution in [1.29, 1.82) is 0 Å². The van der Waals surface area contributed by atoms with E-state index >= 15 is 0 Å². The summed E-state index contributed by atoms with van der Waals surface area (Å²) >= 11 is 0. The molecule has 0 fully saturated rings. The number of benzene rings is 1. The lowest BCUT2D eigenvalue weighted by Crippen LogP contribution is -2.02. The van der Waals surface area contributed by atoms with E-state index in [0.29, 0.717) is 6.54 Å². The molecule has 0 aliphatic heterocycles. The normalized spacial score (nSPS) is 10.7. The molecule has 0 saturated heterocycles. The van der Waals surface area contributed by atoms with Crippen molar-refractivity contribution in [3.63, 3.8) is 0 Å². The highest BCUT2D eigenvalue weighted by atomic mass is 16.5. The monoisotopic (exact) mass is 190 g/mol. The van der Waals surface area contributed by atoms with Crippen molar-refractivity contribution in [3.8, 4) is 5.75 Å². The van der Waals surface area contributed by atoms with E-state index in [1.54, 1.807) is 7.11 Å². The van der Waals surface area contributed by atoms with Gasteiger partial charge in [0.1, 0.15) is 5.75 Å². The number of nitrogens with one attached hydrogen (secondary N) is 1. The maximum absolute atomic E-state index is 5.49. The topological polar surface area (TPSA) is 51.0 Å². The molecule has 0 amide bonds. The number of hydrogen-bond acceptors (Lipinski definition) is 2. The number of fused-ring (bicyclic) bond motifs is 1. The molecular formula is C11H14N2O. The van der Waals surface area contributed by atoms with E-state index in [0.717, 1.165) is 17.7 Å². The van der Waals surface area contributed by atoms with Crippen LogP contribution in [0.4, 0.5) is 0 Å². The molecule has 2 aromatic rings. The summed E-state index contributed by atoms with van der Waals surface area (Å²) in [6.45, 7) is 0.671. The molecule has 2 rings (SSSR count). The molecule has 3 heteroatoms. The number of aromatic nitrogens is 1. The Morgan fingerprint density at radius 3 is 2.93 bits per heavy atom. The molecule has 1 aromatic carbocycles. The van der Waals surface area contributed by atoms with E-state index in [2.05, 4.69) is 11.1 Å². The van der Waals surface area contributed by atoms with Crippen LogP contribution in [0.2, 0.25) is 0 Å². The third-order valence-electron chi connectivity index (χ3n) is 2.30. The van der Waals surface area contributed by atoms with Gasteiger partial charge in [-0.2, -0.15) is 0 Å². The fraction of sp³-hybridized carbons (Fsp3) is 0.273. The van der Waals surface area contributed by atoms with Gasteiger partial charge in [-0.15, -0.1) is 0 Å². The molecule has 0 aliphatic rings. The van der Waals surface area contributed by atoms with Gasteiger partial charge in [0, 0.05) is 16.6 Å². The molecule has 14 heavy (non-hydrogen) atoms. The minimum absolute atomic E-state index is 0.671. The molecule has 0 saturated carbocycles. The van der Waals surface area contributed by atoms with Gasteiger partial charge in [-0.05, 0) is 37.2 Å². The van der Waals surface area contributed by atoms with Crippen LogP contribution in [0.5, 0.6) is 5.75 Å². The molecule has 0 bridgehead atoms. The number of hydrogen-bond donors (Lipinski definition) is 2. The number of aromatic amines is 1. The van der Waals surface area contributed by atoms with Crippen molar-refractivity contribution in [3.05, 3.63) is 30.0 Å². The molecule has 74 valence electrons. The summed E-state index contributed by atoms with van der Waals surface area (Å²) in [5, 5.41) is 1.17. The summed E-state index contributed by atoms with van der Waals surface area (Å²) in [6, 6.07) is 8.11. The summed E-state index contributed by atoms with van der Waals surface area (Å²) in [5.74, 6) is 0.885. The second kappa shape index (κ2) is 3.72. The first-order valence-electron chi connectivity index (χ1n) is 4.69. The molecule has 0 radical (unpaired) electrons. The Balaban J connectivity index is 2.43. The lowest BCUT2D eigenvalue weighted by molar-refractivity contribution is 0.415. The van der Waals surface area contributed by atoms with E-state index in [1.165, 1.54) is 11.1 Å². The smallest absolute Gasteiger partial charge is 0.119 e. The van der Waals surface area contributed by atoms with Gasteiger partial charge in [-0.3, -0.25) is 0 Å². The van der Waals surface area contributed by atoms with Crippen molar-refractivity contribution < 1.29 is 4.74 Å². The quantitative estimate of drug-likeness (QED) is 0.773. The van der Waals surface area contributed by atoms with Crippen molar-refractivity contribution >= 4 is 10.9 Å². The molecule has 1 aromatic heterocycles. The Kier molecular flexibility index (Phi) is 2.41. The van der Waals surface area contributed by atoms with Gasteiger partial charge >= 0.3 is 0 Å². The van der Waals surface area contributed by atoms with Gasteiger partial charge in [0.2, 0.25) is 0 Å². The maximum atomic E-state index is 5.49. The van der Waals surface area contributed by atoms with E-state index in [4.69, 9.17) is 10.5 Å². The van der Waals surface area contributed by atoms with Crippen LogP contribution in [-0.4, -0.2) is 18.6 Å². The minimum atomic E-state index is 0.671. The Morgan fingerprint density at radius 2 is 2.21 bits per heavy atom. The van der Waals surface area contributed by atoms with Crippen molar-refractivity contribution in [2.24, 2.45) is 5.73 Å². The van der Waals surface area contributed by atoms with Crippen LogP contribution < -0.4 is 10.5 Å². The highest BCUT2D eigenvalue weighted by Gasteiger charge is 2.00. The third-order valence-corrected chi connectivity index (χ3v) is 2.30. The largest absolute Gasteiger partial charge is 0.497 e. The van der Waals surface area contributed by atoms with Crippen molar-refractivity contribution in [2.45, 2.75) is 6.42 Å². The number of H-pyrrole nitrogens is 1. The predicted octanol–water partition coefficient (Wildman–Crippen LogP) is 1.68. The molecule has 0 atom stereocenters. The predicted molar refractivity (Wildman–Crippen MR) is 57.6 cm³/mol. The van der Waals surface area contributed by atoms with Gasteiger partial charge in [-0.25, -0.2) is 0 Å². The van der Waals surface area contributed by atoms with Crippen LogP contribution in [0.15, 0.2) is 24.3 Å². The standard InChI is InChI=1S/C11H14N2O/c1-14-10-2-3-11-8(7-10)6-9(13-11)4-5-12/h2-3,6-7,13H,4-5,12H2,1H3. The molecule has 0 spiro atoms. The lowest BCUT2D eigenvalue weighted by Gasteiger charge is -1.97. The van der Waals surface area contributed by atoms with Crippen LogP contribution in [0.1, 0.15) is 5.69 Å². The van der Waals surface area contributed by atoms with Gasteiger partial charge in [0.25, 0.3) is 0 Å². The molecule has 3 N–H and O–H groups in total. The first-order valence-corrected chi connectivity index (χ1v) is 4.69.